The molecule has 2 aromatic heterocycles. The third-order valence-corrected chi connectivity index (χ3v) is 8.04. The Hall–Kier alpha value is -1.24. The number of carbonyl (C=O) groups excluding carboxylic acids is 2. The molecule has 0 aliphatic heterocycles. The lowest BCUT2D eigenvalue weighted by Gasteiger charge is -2.25. The SMILES string of the molecule is CSCCC(=O)Nc1nnc(C2CCCC(c3nnc(NC(=O)CCSC)s3)C2)s1. The molecule has 0 spiro atoms. The predicted molar refractivity (Wildman–Crippen MR) is 127 cm³/mol. The molecular formula is C18H26N6O2S4. The number of thioether (sulfide) groups is 2. The van der Waals surface area contributed by atoms with E-state index in [0.717, 1.165) is 47.2 Å². The highest BCUT2D eigenvalue weighted by atomic mass is 32.2. The minimum atomic E-state index is -0.0189. The van der Waals surface area contributed by atoms with Crippen LogP contribution in [0.1, 0.15) is 60.4 Å². The lowest BCUT2D eigenvalue weighted by molar-refractivity contribution is -0.116. The monoisotopic (exact) mass is 486 g/mol. The van der Waals surface area contributed by atoms with Gasteiger partial charge in [0.1, 0.15) is 10.0 Å². The van der Waals surface area contributed by atoms with E-state index < -0.39 is 0 Å². The fraction of sp³-hybridized carbons (Fsp3) is 0.667. The Morgan fingerprint density at radius 2 is 1.33 bits per heavy atom. The standard InChI is InChI=1S/C18H26N6O2S4/c1-27-8-6-13(25)19-17-23-21-15(29-17)11-4-3-5-12(10-11)16-22-24-18(30-16)20-14(26)7-9-28-2/h11-12H,3-10H2,1-2H3,(H,19,23,25)(H,20,24,26). The first-order valence-corrected chi connectivity index (χ1v) is 14.3. The van der Waals surface area contributed by atoms with Gasteiger partial charge in [-0.05, 0) is 31.8 Å². The van der Waals surface area contributed by atoms with Gasteiger partial charge in [0.2, 0.25) is 22.1 Å². The van der Waals surface area contributed by atoms with Crippen LogP contribution in [0.25, 0.3) is 0 Å². The molecule has 30 heavy (non-hydrogen) atoms. The molecule has 164 valence electrons. The van der Waals surface area contributed by atoms with E-state index in [0.29, 0.717) is 34.9 Å². The van der Waals surface area contributed by atoms with Crippen molar-refractivity contribution in [2.24, 2.45) is 0 Å². The number of hydrogen-bond donors (Lipinski definition) is 2. The van der Waals surface area contributed by atoms with E-state index in [1.165, 1.54) is 22.7 Å². The minimum absolute atomic E-state index is 0.0189. The van der Waals surface area contributed by atoms with Crippen LogP contribution in [0.5, 0.6) is 0 Å². The number of nitrogens with one attached hydrogen (secondary N) is 2. The van der Waals surface area contributed by atoms with Gasteiger partial charge in [0.05, 0.1) is 0 Å². The Balaban J connectivity index is 1.56. The van der Waals surface area contributed by atoms with Crippen LogP contribution in [0.15, 0.2) is 0 Å². The molecule has 1 aliphatic carbocycles. The zero-order valence-electron chi connectivity index (χ0n) is 17.0. The number of amides is 2. The maximum atomic E-state index is 11.9. The van der Waals surface area contributed by atoms with Gasteiger partial charge in [-0.15, -0.1) is 20.4 Å². The van der Waals surface area contributed by atoms with Crippen LogP contribution in [-0.4, -0.2) is 56.2 Å². The molecular weight excluding hydrogens is 461 g/mol. The van der Waals surface area contributed by atoms with Crippen molar-refractivity contribution in [3.63, 3.8) is 0 Å². The van der Waals surface area contributed by atoms with Gasteiger partial charge in [0.25, 0.3) is 0 Å². The quantitative estimate of drug-likeness (QED) is 0.514. The largest absolute Gasteiger partial charge is 0.301 e. The van der Waals surface area contributed by atoms with Crippen molar-refractivity contribution in [2.75, 3.05) is 34.7 Å². The van der Waals surface area contributed by atoms with E-state index in [1.54, 1.807) is 23.5 Å². The van der Waals surface area contributed by atoms with Crippen molar-refractivity contribution in [2.45, 2.75) is 50.4 Å². The zero-order chi connectivity index (χ0) is 21.3. The number of rotatable bonds is 10. The molecule has 2 N–H and O–H groups in total. The Kier molecular flexibility index (Phi) is 9.34. The third kappa shape index (κ3) is 6.89. The van der Waals surface area contributed by atoms with Crippen LogP contribution < -0.4 is 10.6 Å². The van der Waals surface area contributed by atoms with Gasteiger partial charge in [-0.25, -0.2) is 0 Å². The molecule has 2 unspecified atom stereocenters. The average Bonchev–Trinajstić information content (AvgIpc) is 3.40. The van der Waals surface area contributed by atoms with E-state index in [2.05, 4.69) is 31.0 Å². The first kappa shape index (κ1) is 23.4. The lowest BCUT2D eigenvalue weighted by atomic mass is 9.82. The maximum absolute atomic E-state index is 11.9. The Morgan fingerprint density at radius 3 is 1.77 bits per heavy atom. The molecule has 2 aromatic rings. The third-order valence-electron chi connectivity index (χ3n) is 4.81. The van der Waals surface area contributed by atoms with Gasteiger partial charge in [0.15, 0.2) is 0 Å². The van der Waals surface area contributed by atoms with Crippen molar-refractivity contribution >= 4 is 68.3 Å². The van der Waals surface area contributed by atoms with E-state index >= 15 is 0 Å². The molecule has 12 heteroatoms. The van der Waals surface area contributed by atoms with Crippen LogP contribution in [-0.2, 0) is 9.59 Å². The second-order valence-electron chi connectivity index (χ2n) is 7.03. The molecule has 3 rings (SSSR count). The molecule has 1 saturated carbocycles. The normalized spacial score (nSPS) is 18.9. The van der Waals surface area contributed by atoms with Gasteiger partial charge in [-0.3, -0.25) is 9.59 Å². The molecule has 2 heterocycles. The molecule has 8 nitrogen and oxygen atoms in total. The summed E-state index contributed by atoms with van der Waals surface area (Å²) in [7, 11) is 0. The van der Waals surface area contributed by atoms with Gasteiger partial charge in [-0.1, -0.05) is 29.1 Å². The summed E-state index contributed by atoms with van der Waals surface area (Å²) in [5.74, 6) is 2.17. The highest BCUT2D eigenvalue weighted by Crippen LogP contribution is 2.43. The van der Waals surface area contributed by atoms with Crippen molar-refractivity contribution < 1.29 is 9.59 Å². The highest BCUT2D eigenvalue weighted by molar-refractivity contribution is 7.98. The first-order chi connectivity index (χ1) is 14.6. The molecule has 1 fully saturated rings. The highest BCUT2D eigenvalue weighted by Gasteiger charge is 2.29. The summed E-state index contributed by atoms with van der Waals surface area (Å²) in [6, 6.07) is 0. The van der Waals surface area contributed by atoms with Crippen molar-refractivity contribution in [1.29, 1.82) is 0 Å². The molecule has 0 bridgehead atoms. The number of nitrogens with zero attached hydrogens (tertiary/aromatic N) is 4. The first-order valence-electron chi connectivity index (χ1n) is 9.83. The van der Waals surface area contributed by atoms with Crippen molar-refractivity contribution in [1.82, 2.24) is 20.4 Å². The number of carbonyl (C=O) groups is 2. The predicted octanol–water partition coefficient (Wildman–Crippen LogP) is 4.21. The number of anilines is 2. The zero-order valence-corrected chi connectivity index (χ0v) is 20.3. The van der Waals surface area contributed by atoms with E-state index in [9.17, 15) is 9.59 Å². The summed E-state index contributed by atoms with van der Waals surface area (Å²) in [4.78, 5) is 23.8. The lowest BCUT2D eigenvalue weighted by Crippen LogP contribution is -2.13. The average molecular weight is 487 g/mol. The molecule has 2 atom stereocenters. The smallest absolute Gasteiger partial charge is 0.227 e. The maximum Gasteiger partial charge on any atom is 0.227 e. The summed E-state index contributed by atoms with van der Waals surface area (Å²) in [6.07, 6.45) is 9.06. The Morgan fingerprint density at radius 1 is 0.867 bits per heavy atom. The summed E-state index contributed by atoms with van der Waals surface area (Å²) < 4.78 is 0. The van der Waals surface area contributed by atoms with Gasteiger partial charge in [0, 0.05) is 36.2 Å². The minimum Gasteiger partial charge on any atom is -0.301 e. The van der Waals surface area contributed by atoms with Crippen LogP contribution in [0.3, 0.4) is 0 Å². The Bertz CT molecular complexity index is 776. The summed E-state index contributed by atoms with van der Waals surface area (Å²) in [6.45, 7) is 0. The fourth-order valence-corrected chi connectivity index (χ4v) is 5.88. The van der Waals surface area contributed by atoms with E-state index in [-0.39, 0.29) is 11.8 Å². The van der Waals surface area contributed by atoms with Crippen molar-refractivity contribution in [3.05, 3.63) is 10.0 Å². The summed E-state index contributed by atoms with van der Waals surface area (Å²) >= 11 is 6.23. The van der Waals surface area contributed by atoms with Crippen molar-refractivity contribution in [3.8, 4) is 0 Å². The molecule has 0 radical (unpaired) electrons. The van der Waals surface area contributed by atoms with Gasteiger partial charge in [-0.2, -0.15) is 23.5 Å². The second kappa shape index (κ2) is 12.0. The summed E-state index contributed by atoms with van der Waals surface area (Å²) in [5.41, 5.74) is 0. The number of aromatic nitrogens is 4. The number of hydrogen-bond acceptors (Lipinski definition) is 10. The molecule has 2 amide bonds. The molecule has 0 aromatic carbocycles. The van der Waals surface area contributed by atoms with Crippen LogP contribution in [0.2, 0.25) is 0 Å². The summed E-state index contributed by atoms with van der Waals surface area (Å²) in [5, 5.41) is 25.7. The van der Waals surface area contributed by atoms with Gasteiger partial charge < -0.3 is 10.6 Å². The topological polar surface area (TPSA) is 110 Å². The fourth-order valence-electron chi connectivity index (χ4n) is 3.29. The molecule has 1 aliphatic rings. The van der Waals surface area contributed by atoms with E-state index in [1.807, 2.05) is 12.5 Å². The molecule has 0 saturated heterocycles. The van der Waals surface area contributed by atoms with E-state index in [4.69, 9.17) is 0 Å². The van der Waals surface area contributed by atoms with Gasteiger partial charge >= 0.3 is 0 Å². The van der Waals surface area contributed by atoms with Crippen LogP contribution in [0, 0.1) is 0 Å². The Labute approximate surface area is 192 Å². The van der Waals surface area contributed by atoms with Crippen LogP contribution in [0.4, 0.5) is 10.3 Å². The second-order valence-corrected chi connectivity index (χ2v) is 11.0. The van der Waals surface area contributed by atoms with Crippen LogP contribution >= 0.6 is 46.2 Å².